The first-order valence-electron chi connectivity index (χ1n) is 9.45. The highest BCUT2D eigenvalue weighted by atomic mass is 32.1. The summed E-state index contributed by atoms with van der Waals surface area (Å²) in [6.07, 6.45) is 5.24. The molecule has 5 nitrogen and oxygen atoms in total. The molecule has 0 fully saturated rings. The second-order valence-electron chi connectivity index (χ2n) is 7.16. The van der Waals surface area contributed by atoms with Gasteiger partial charge in [0.05, 0.1) is 5.39 Å². The standard InChI is InChI=1S/C21H23N3O2S/c1-3-17-23-20-18(21(26)24(17)12(2)19(22)25)16(11-27-20)15-9-8-13-6-4-5-7-14(13)10-15/h8-12H,3-7H2,1-2H3,(H2,22,25). The first-order chi connectivity index (χ1) is 13.0. The van der Waals surface area contributed by atoms with Gasteiger partial charge in [-0.2, -0.15) is 0 Å². The third kappa shape index (κ3) is 2.98. The van der Waals surface area contributed by atoms with Gasteiger partial charge in [-0.1, -0.05) is 25.1 Å². The molecule has 0 spiro atoms. The summed E-state index contributed by atoms with van der Waals surface area (Å²) in [6, 6.07) is 5.78. The lowest BCUT2D eigenvalue weighted by molar-refractivity contribution is -0.120. The van der Waals surface area contributed by atoms with E-state index in [1.807, 2.05) is 12.3 Å². The number of carbonyl (C=O) groups is 1. The molecule has 0 aliphatic heterocycles. The highest BCUT2D eigenvalue weighted by molar-refractivity contribution is 7.17. The molecule has 1 atom stereocenters. The van der Waals surface area contributed by atoms with E-state index in [0.717, 1.165) is 28.8 Å². The van der Waals surface area contributed by atoms with Crippen LogP contribution in [0.1, 0.15) is 49.7 Å². The van der Waals surface area contributed by atoms with E-state index < -0.39 is 11.9 Å². The number of benzene rings is 1. The summed E-state index contributed by atoms with van der Waals surface area (Å²) in [5.41, 5.74) is 10.0. The minimum absolute atomic E-state index is 0.183. The smallest absolute Gasteiger partial charge is 0.263 e. The van der Waals surface area contributed by atoms with Gasteiger partial charge in [0.1, 0.15) is 16.7 Å². The summed E-state index contributed by atoms with van der Waals surface area (Å²) >= 11 is 1.48. The highest BCUT2D eigenvalue weighted by Crippen LogP contribution is 2.34. The monoisotopic (exact) mass is 381 g/mol. The van der Waals surface area contributed by atoms with Gasteiger partial charge in [0.15, 0.2) is 0 Å². The van der Waals surface area contributed by atoms with Gasteiger partial charge in [-0.3, -0.25) is 14.2 Å². The number of rotatable bonds is 4. The Morgan fingerprint density at radius 2 is 2.04 bits per heavy atom. The maximum Gasteiger partial charge on any atom is 0.263 e. The maximum atomic E-state index is 13.3. The van der Waals surface area contributed by atoms with Crippen LogP contribution < -0.4 is 11.3 Å². The zero-order valence-corrected chi connectivity index (χ0v) is 16.4. The van der Waals surface area contributed by atoms with Gasteiger partial charge in [0.25, 0.3) is 5.56 Å². The van der Waals surface area contributed by atoms with Crippen molar-refractivity contribution >= 4 is 27.5 Å². The van der Waals surface area contributed by atoms with Crippen LogP contribution in [-0.2, 0) is 24.1 Å². The number of aryl methyl sites for hydroxylation is 3. The molecule has 1 amide bonds. The van der Waals surface area contributed by atoms with Crippen LogP contribution in [0.25, 0.3) is 21.3 Å². The van der Waals surface area contributed by atoms with E-state index in [4.69, 9.17) is 5.73 Å². The molecule has 2 N–H and O–H groups in total. The van der Waals surface area contributed by atoms with Crippen LogP contribution in [0.2, 0.25) is 0 Å². The van der Waals surface area contributed by atoms with Crippen molar-refractivity contribution in [3.05, 3.63) is 50.9 Å². The summed E-state index contributed by atoms with van der Waals surface area (Å²) in [7, 11) is 0. The maximum absolute atomic E-state index is 13.3. The number of fused-ring (bicyclic) bond motifs is 2. The first-order valence-corrected chi connectivity index (χ1v) is 10.3. The number of amides is 1. The molecule has 1 aliphatic carbocycles. The molecule has 0 bridgehead atoms. The summed E-state index contributed by atoms with van der Waals surface area (Å²) in [6.45, 7) is 3.58. The van der Waals surface area contributed by atoms with Gasteiger partial charge in [-0.05, 0) is 49.3 Å². The Morgan fingerprint density at radius 3 is 2.74 bits per heavy atom. The average molecular weight is 382 g/mol. The van der Waals surface area contributed by atoms with Gasteiger partial charge < -0.3 is 5.73 Å². The number of hydrogen-bond acceptors (Lipinski definition) is 4. The summed E-state index contributed by atoms with van der Waals surface area (Å²) < 4.78 is 1.46. The van der Waals surface area contributed by atoms with E-state index in [-0.39, 0.29) is 5.56 Å². The topological polar surface area (TPSA) is 78.0 Å². The molecule has 3 aromatic rings. The molecule has 0 saturated heterocycles. The molecule has 0 radical (unpaired) electrons. The van der Waals surface area contributed by atoms with E-state index in [1.54, 1.807) is 6.92 Å². The highest BCUT2D eigenvalue weighted by Gasteiger charge is 2.22. The molecule has 27 heavy (non-hydrogen) atoms. The van der Waals surface area contributed by atoms with Crippen molar-refractivity contribution in [3.8, 4) is 11.1 Å². The predicted octanol–water partition coefficient (Wildman–Crippen LogP) is 3.61. The largest absolute Gasteiger partial charge is 0.368 e. The van der Waals surface area contributed by atoms with Crippen LogP contribution in [-0.4, -0.2) is 15.5 Å². The first kappa shape index (κ1) is 17.9. The Labute approximate surface area is 161 Å². The minimum Gasteiger partial charge on any atom is -0.368 e. The third-order valence-electron chi connectivity index (χ3n) is 5.49. The number of carbonyl (C=O) groups excluding carboxylic acids is 1. The molecule has 2 aromatic heterocycles. The summed E-state index contributed by atoms with van der Waals surface area (Å²) in [5, 5.41) is 2.59. The van der Waals surface area contributed by atoms with Crippen LogP contribution >= 0.6 is 11.3 Å². The molecule has 1 aliphatic rings. The van der Waals surface area contributed by atoms with Gasteiger partial charge in [0.2, 0.25) is 5.91 Å². The van der Waals surface area contributed by atoms with Crippen LogP contribution in [0.3, 0.4) is 0 Å². The van der Waals surface area contributed by atoms with Crippen molar-refractivity contribution in [2.24, 2.45) is 5.73 Å². The van der Waals surface area contributed by atoms with Crippen LogP contribution in [0.5, 0.6) is 0 Å². The van der Waals surface area contributed by atoms with E-state index >= 15 is 0 Å². The van der Waals surface area contributed by atoms with Crippen molar-refractivity contribution in [2.45, 2.75) is 52.0 Å². The van der Waals surface area contributed by atoms with E-state index in [0.29, 0.717) is 17.6 Å². The number of hydrogen-bond donors (Lipinski definition) is 1. The number of nitrogens with two attached hydrogens (primary N) is 1. The molecule has 140 valence electrons. The zero-order chi connectivity index (χ0) is 19.1. The molecule has 0 saturated carbocycles. The lowest BCUT2D eigenvalue weighted by Gasteiger charge is -2.17. The lowest BCUT2D eigenvalue weighted by atomic mass is 9.89. The average Bonchev–Trinajstić information content (AvgIpc) is 3.11. The quantitative estimate of drug-likeness (QED) is 0.750. The van der Waals surface area contributed by atoms with Gasteiger partial charge in [0, 0.05) is 17.4 Å². The Morgan fingerprint density at radius 1 is 1.30 bits per heavy atom. The van der Waals surface area contributed by atoms with Gasteiger partial charge in [-0.15, -0.1) is 11.3 Å². The van der Waals surface area contributed by atoms with Gasteiger partial charge in [-0.25, -0.2) is 4.98 Å². The fourth-order valence-corrected chi connectivity index (χ4v) is 4.89. The number of nitrogens with zero attached hydrogens (tertiary/aromatic N) is 2. The van der Waals surface area contributed by atoms with E-state index in [2.05, 4.69) is 23.2 Å². The summed E-state index contributed by atoms with van der Waals surface area (Å²) in [4.78, 5) is 30.5. The van der Waals surface area contributed by atoms with Crippen LogP contribution in [0.15, 0.2) is 28.4 Å². The Hall–Kier alpha value is -2.47. The number of primary amides is 1. The fraction of sp³-hybridized carbons (Fsp3) is 0.381. The van der Waals surface area contributed by atoms with Crippen molar-refractivity contribution in [2.75, 3.05) is 0 Å². The molecular weight excluding hydrogens is 358 g/mol. The number of aromatic nitrogens is 2. The Bertz CT molecular complexity index is 1100. The SMILES string of the molecule is CCc1nc2scc(-c3ccc4c(c3)CCCC4)c2c(=O)n1C(C)C(N)=O. The summed E-state index contributed by atoms with van der Waals surface area (Å²) in [5.74, 6) is 0.0659. The zero-order valence-electron chi connectivity index (χ0n) is 15.6. The predicted molar refractivity (Wildman–Crippen MR) is 109 cm³/mol. The minimum atomic E-state index is -0.722. The number of thiophene rings is 1. The lowest BCUT2D eigenvalue weighted by Crippen LogP contribution is -2.34. The third-order valence-corrected chi connectivity index (χ3v) is 6.36. The normalized spacial score (nSPS) is 14.9. The van der Waals surface area contributed by atoms with E-state index in [9.17, 15) is 9.59 Å². The fourth-order valence-electron chi connectivity index (χ4n) is 3.93. The molecule has 4 rings (SSSR count). The van der Waals surface area contributed by atoms with Crippen LogP contribution in [0.4, 0.5) is 0 Å². The second kappa shape index (κ2) is 6.93. The molecule has 1 unspecified atom stereocenters. The van der Waals surface area contributed by atoms with Crippen LogP contribution in [0, 0.1) is 0 Å². The Kier molecular flexibility index (Phi) is 4.60. The van der Waals surface area contributed by atoms with Crippen molar-refractivity contribution in [1.82, 2.24) is 9.55 Å². The molecule has 1 aromatic carbocycles. The second-order valence-corrected chi connectivity index (χ2v) is 8.01. The van der Waals surface area contributed by atoms with Gasteiger partial charge >= 0.3 is 0 Å². The molecule has 6 heteroatoms. The van der Waals surface area contributed by atoms with Crippen molar-refractivity contribution < 1.29 is 4.79 Å². The van der Waals surface area contributed by atoms with Crippen molar-refractivity contribution in [3.63, 3.8) is 0 Å². The molecular formula is C21H23N3O2S. The van der Waals surface area contributed by atoms with Crippen molar-refractivity contribution in [1.29, 1.82) is 0 Å². The Balaban J connectivity index is 1.94. The van der Waals surface area contributed by atoms with E-state index in [1.165, 1.54) is 39.9 Å². The molecule has 2 heterocycles.